The predicted octanol–water partition coefficient (Wildman–Crippen LogP) is 6.08. The first-order valence-electron chi connectivity index (χ1n) is 12.0. The molecule has 2 atom stereocenters. The van der Waals surface area contributed by atoms with Gasteiger partial charge in [-0.15, -0.1) is 0 Å². The number of likely N-dealkylation sites (tertiary alicyclic amines) is 2. The van der Waals surface area contributed by atoms with Gasteiger partial charge in [0.05, 0.1) is 10.6 Å². The van der Waals surface area contributed by atoms with Gasteiger partial charge in [0.2, 0.25) is 0 Å². The number of rotatable bonds is 5. The van der Waals surface area contributed by atoms with Crippen LogP contribution < -0.4 is 0 Å². The molecule has 4 heteroatoms. The molecule has 33 heavy (non-hydrogen) atoms. The van der Waals surface area contributed by atoms with E-state index >= 15 is 0 Å². The van der Waals surface area contributed by atoms with Gasteiger partial charge in [-0.2, -0.15) is 0 Å². The van der Waals surface area contributed by atoms with Gasteiger partial charge in [-0.3, -0.25) is 4.79 Å². The Balaban J connectivity index is 1.29. The van der Waals surface area contributed by atoms with Crippen LogP contribution in [0, 0.1) is 5.92 Å². The number of benzene rings is 3. The molecule has 0 aromatic heterocycles. The number of carbonyl (C=O) groups is 1. The minimum Gasteiger partial charge on any atom is -0.338 e. The van der Waals surface area contributed by atoms with Gasteiger partial charge in [0.1, 0.15) is 0 Å². The van der Waals surface area contributed by atoms with Gasteiger partial charge in [-0.1, -0.05) is 84.4 Å². The fraction of sp³-hybridized carbons (Fsp3) is 0.345. The van der Waals surface area contributed by atoms with Crippen LogP contribution in [0.15, 0.2) is 84.9 Å². The van der Waals surface area contributed by atoms with Crippen molar-refractivity contribution in [2.75, 3.05) is 32.7 Å². The van der Waals surface area contributed by atoms with E-state index in [-0.39, 0.29) is 5.91 Å². The molecule has 0 spiro atoms. The molecular weight excluding hydrogens is 428 g/mol. The number of carbonyl (C=O) groups excluding carboxylic acids is 1. The van der Waals surface area contributed by atoms with Crippen LogP contribution in [0.1, 0.15) is 46.2 Å². The molecule has 2 fully saturated rings. The molecule has 5 rings (SSSR count). The number of nitrogens with zero attached hydrogens (tertiary/aromatic N) is 2. The van der Waals surface area contributed by atoms with Gasteiger partial charge in [-0.25, -0.2) is 0 Å². The van der Waals surface area contributed by atoms with E-state index in [0.717, 1.165) is 32.7 Å². The van der Waals surface area contributed by atoms with Crippen molar-refractivity contribution in [3.63, 3.8) is 0 Å². The molecule has 0 aliphatic carbocycles. The Morgan fingerprint density at radius 2 is 1.39 bits per heavy atom. The summed E-state index contributed by atoms with van der Waals surface area (Å²) >= 11 is 6.35. The average Bonchev–Trinajstić information content (AvgIpc) is 3.29. The van der Waals surface area contributed by atoms with Gasteiger partial charge in [0.15, 0.2) is 0 Å². The van der Waals surface area contributed by atoms with Gasteiger partial charge < -0.3 is 9.80 Å². The third kappa shape index (κ3) is 5.00. The molecule has 3 aromatic rings. The summed E-state index contributed by atoms with van der Waals surface area (Å²) in [4.78, 5) is 17.9. The van der Waals surface area contributed by atoms with Crippen molar-refractivity contribution in [3.05, 3.63) is 107 Å². The maximum Gasteiger partial charge on any atom is 0.255 e. The number of amides is 1. The van der Waals surface area contributed by atoms with Crippen molar-refractivity contribution in [3.8, 4) is 0 Å². The third-order valence-corrected chi connectivity index (χ3v) is 7.74. The van der Waals surface area contributed by atoms with Gasteiger partial charge >= 0.3 is 0 Å². The second kappa shape index (κ2) is 10.1. The Morgan fingerprint density at radius 3 is 2.06 bits per heavy atom. The fourth-order valence-corrected chi connectivity index (χ4v) is 5.83. The Bertz CT molecular complexity index is 1060. The lowest BCUT2D eigenvalue weighted by Gasteiger charge is -2.34. The van der Waals surface area contributed by atoms with Crippen molar-refractivity contribution < 1.29 is 4.79 Å². The minimum atomic E-state index is 0.0480. The van der Waals surface area contributed by atoms with Gasteiger partial charge in [0, 0.05) is 25.6 Å². The summed E-state index contributed by atoms with van der Waals surface area (Å²) in [7, 11) is 0. The molecule has 0 N–H and O–H groups in total. The molecule has 2 aliphatic heterocycles. The number of halogens is 1. The second-order valence-corrected chi connectivity index (χ2v) is 9.86. The highest BCUT2D eigenvalue weighted by Gasteiger charge is 2.38. The smallest absolute Gasteiger partial charge is 0.255 e. The van der Waals surface area contributed by atoms with Crippen molar-refractivity contribution in [2.24, 2.45) is 5.92 Å². The summed E-state index contributed by atoms with van der Waals surface area (Å²) in [5, 5.41) is 0.533. The highest BCUT2D eigenvalue weighted by molar-refractivity contribution is 6.33. The Hall–Kier alpha value is -2.62. The zero-order chi connectivity index (χ0) is 22.6. The molecule has 0 saturated carbocycles. The minimum absolute atomic E-state index is 0.0480. The van der Waals surface area contributed by atoms with Crippen LogP contribution >= 0.6 is 11.6 Å². The van der Waals surface area contributed by atoms with E-state index in [1.54, 1.807) is 6.07 Å². The van der Waals surface area contributed by atoms with Crippen LogP contribution in [0.4, 0.5) is 0 Å². The lowest BCUT2D eigenvalue weighted by atomic mass is 9.86. The Morgan fingerprint density at radius 1 is 0.788 bits per heavy atom. The van der Waals surface area contributed by atoms with Crippen LogP contribution in [0.2, 0.25) is 5.02 Å². The highest BCUT2D eigenvalue weighted by atomic mass is 35.5. The molecule has 2 heterocycles. The van der Waals surface area contributed by atoms with Crippen LogP contribution in [0.25, 0.3) is 0 Å². The van der Waals surface area contributed by atoms with Gasteiger partial charge in [0.25, 0.3) is 5.91 Å². The first-order valence-corrected chi connectivity index (χ1v) is 12.4. The lowest BCUT2D eigenvalue weighted by molar-refractivity contribution is 0.0781. The normalized spacial score (nSPS) is 21.9. The Labute approximate surface area is 202 Å². The molecule has 170 valence electrons. The van der Waals surface area contributed by atoms with Crippen LogP contribution in [0.5, 0.6) is 0 Å². The fourth-order valence-electron chi connectivity index (χ4n) is 5.61. The van der Waals surface area contributed by atoms with Crippen molar-refractivity contribution >= 4 is 17.5 Å². The first kappa shape index (κ1) is 22.2. The van der Waals surface area contributed by atoms with E-state index in [2.05, 4.69) is 65.6 Å². The molecule has 3 nitrogen and oxygen atoms in total. The molecule has 2 aliphatic rings. The quantitative estimate of drug-likeness (QED) is 0.463. The Kier molecular flexibility index (Phi) is 6.80. The zero-order valence-electron chi connectivity index (χ0n) is 18.9. The molecular formula is C29H31ClN2O. The molecule has 3 aromatic carbocycles. The van der Waals surface area contributed by atoms with E-state index < -0.39 is 0 Å². The second-order valence-electron chi connectivity index (χ2n) is 9.45. The summed E-state index contributed by atoms with van der Waals surface area (Å²) in [6, 6.07) is 29.0. The summed E-state index contributed by atoms with van der Waals surface area (Å²) < 4.78 is 0. The molecule has 0 unspecified atom stereocenters. The van der Waals surface area contributed by atoms with E-state index in [1.165, 1.54) is 24.0 Å². The first-order chi connectivity index (χ1) is 16.2. The SMILES string of the molecule is O=C(c1ccccc1Cl)N1C[C@H](CN2CCC(c3ccccc3)CC2)[C@@H](c2ccccc2)C1. The standard InChI is InChI=1S/C29H31ClN2O/c30-28-14-8-7-13-26(28)29(33)32-20-25(27(21-32)24-11-5-2-6-12-24)19-31-17-15-23(16-18-31)22-9-3-1-4-10-22/h1-14,23,25,27H,15-21H2/t25-,27+/m0/s1. The van der Waals surface area contributed by atoms with Crippen LogP contribution in [-0.2, 0) is 0 Å². The number of piperidine rings is 1. The molecule has 1 amide bonds. The van der Waals surface area contributed by atoms with E-state index in [4.69, 9.17) is 11.6 Å². The maximum atomic E-state index is 13.3. The maximum absolute atomic E-state index is 13.3. The van der Waals surface area contributed by atoms with E-state index in [0.29, 0.717) is 28.3 Å². The molecule has 2 saturated heterocycles. The largest absolute Gasteiger partial charge is 0.338 e. The van der Waals surface area contributed by atoms with E-state index in [1.807, 2.05) is 23.1 Å². The van der Waals surface area contributed by atoms with Crippen molar-refractivity contribution in [1.82, 2.24) is 9.80 Å². The topological polar surface area (TPSA) is 23.6 Å². The molecule has 0 bridgehead atoms. The predicted molar refractivity (Wildman–Crippen MR) is 135 cm³/mol. The zero-order valence-corrected chi connectivity index (χ0v) is 19.7. The summed E-state index contributed by atoms with van der Waals surface area (Å²) in [6.07, 6.45) is 2.41. The lowest BCUT2D eigenvalue weighted by Crippen LogP contribution is -2.38. The summed E-state index contributed by atoms with van der Waals surface area (Å²) in [5.41, 5.74) is 3.41. The third-order valence-electron chi connectivity index (χ3n) is 7.41. The van der Waals surface area contributed by atoms with Crippen LogP contribution in [0.3, 0.4) is 0 Å². The number of hydrogen-bond donors (Lipinski definition) is 0. The van der Waals surface area contributed by atoms with Crippen molar-refractivity contribution in [2.45, 2.75) is 24.7 Å². The monoisotopic (exact) mass is 458 g/mol. The summed E-state index contributed by atoms with van der Waals surface area (Å²) in [5.74, 6) is 1.48. The number of hydrogen-bond acceptors (Lipinski definition) is 2. The van der Waals surface area contributed by atoms with Crippen molar-refractivity contribution in [1.29, 1.82) is 0 Å². The van der Waals surface area contributed by atoms with Gasteiger partial charge in [-0.05, 0) is 61.0 Å². The highest BCUT2D eigenvalue weighted by Crippen LogP contribution is 2.36. The summed E-state index contributed by atoms with van der Waals surface area (Å²) in [6.45, 7) is 4.81. The van der Waals surface area contributed by atoms with Crippen LogP contribution in [-0.4, -0.2) is 48.4 Å². The average molecular weight is 459 g/mol. The molecule has 0 radical (unpaired) electrons. The van der Waals surface area contributed by atoms with E-state index in [9.17, 15) is 4.79 Å².